The number of aromatic nitrogens is 2. The van der Waals surface area contributed by atoms with Crippen molar-refractivity contribution in [2.75, 3.05) is 19.6 Å². The third kappa shape index (κ3) is 4.01. The van der Waals surface area contributed by atoms with Crippen molar-refractivity contribution in [1.29, 1.82) is 0 Å². The minimum atomic E-state index is -0.501. The number of aryl methyl sites for hydroxylation is 1. The van der Waals surface area contributed by atoms with Gasteiger partial charge in [-0.1, -0.05) is 18.2 Å². The van der Waals surface area contributed by atoms with E-state index < -0.39 is 6.04 Å². The fourth-order valence-electron chi connectivity index (χ4n) is 4.06. The lowest BCUT2D eigenvalue weighted by atomic mass is 9.92. The number of imidazole rings is 1. The molecule has 2 aromatic rings. The van der Waals surface area contributed by atoms with Crippen LogP contribution in [0.2, 0.25) is 0 Å². The van der Waals surface area contributed by atoms with Gasteiger partial charge >= 0.3 is 0 Å². The zero-order chi connectivity index (χ0) is 20.4. The van der Waals surface area contributed by atoms with Crippen LogP contribution in [0.5, 0.6) is 0 Å². The van der Waals surface area contributed by atoms with Crippen molar-refractivity contribution in [2.24, 2.45) is 13.0 Å². The molecule has 2 aliphatic heterocycles. The predicted molar refractivity (Wildman–Crippen MR) is 106 cm³/mol. The molecular weight excluding hydrogens is 370 g/mol. The van der Waals surface area contributed by atoms with Gasteiger partial charge in [0.15, 0.2) is 0 Å². The molecule has 1 unspecified atom stereocenters. The van der Waals surface area contributed by atoms with Gasteiger partial charge in [-0.25, -0.2) is 4.98 Å². The minimum absolute atomic E-state index is 0.0229. The highest BCUT2D eigenvalue weighted by Gasteiger charge is 2.33. The summed E-state index contributed by atoms with van der Waals surface area (Å²) in [5.74, 6) is -0.00632. The number of carbonyl (C=O) groups is 3. The van der Waals surface area contributed by atoms with Gasteiger partial charge in [0.2, 0.25) is 5.91 Å². The molecule has 0 spiro atoms. The topological polar surface area (TPSA) is 96.3 Å². The quantitative estimate of drug-likeness (QED) is 0.798. The van der Waals surface area contributed by atoms with Gasteiger partial charge in [-0.05, 0) is 30.4 Å². The number of nitrogens with zero attached hydrogens (tertiary/aromatic N) is 3. The van der Waals surface area contributed by atoms with Crippen LogP contribution in [-0.2, 0) is 18.3 Å². The van der Waals surface area contributed by atoms with E-state index in [4.69, 9.17) is 0 Å². The van der Waals surface area contributed by atoms with E-state index in [1.807, 2.05) is 23.1 Å². The Morgan fingerprint density at radius 1 is 1.24 bits per heavy atom. The monoisotopic (exact) mass is 395 g/mol. The fraction of sp³-hybridized carbons (Fsp3) is 0.429. The summed E-state index contributed by atoms with van der Waals surface area (Å²) in [6.07, 6.45) is 5.33. The van der Waals surface area contributed by atoms with Crippen LogP contribution < -0.4 is 10.6 Å². The standard InChI is InChI=1S/C21H25N5O3/c1-25-13-22-12-18(25)20(28)23-11-14-6-8-26(9-7-14)21(29)17-10-15-4-2-3-5-16(15)19(27)24-17/h2-5,12-14,17H,6-11H2,1H3,(H,23,28)(H,24,27). The van der Waals surface area contributed by atoms with Gasteiger partial charge in [0.1, 0.15) is 11.7 Å². The number of rotatable bonds is 4. The molecule has 3 amide bonds. The van der Waals surface area contributed by atoms with Crippen LogP contribution in [0.25, 0.3) is 0 Å². The molecule has 2 N–H and O–H groups in total. The molecule has 0 radical (unpaired) electrons. The first kappa shape index (κ1) is 19.2. The average molecular weight is 395 g/mol. The number of piperidine rings is 1. The lowest BCUT2D eigenvalue weighted by Crippen LogP contribution is -2.54. The number of nitrogens with one attached hydrogen (secondary N) is 2. The van der Waals surface area contributed by atoms with E-state index in [-0.39, 0.29) is 17.7 Å². The molecule has 8 nitrogen and oxygen atoms in total. The third-order valence-corrected chi connectivity index (χ3v) is 5.82. The summed E-state index contributed by atoms with van der Waals surface area (Å²) in [4.78, 5) is 43.2. The average Bonchev–Trinajstić information content (AvgIpc) is 3.18. The highest BCUT2D eigenvalue weighted by Crippen LogP contribution is 2.21. The molecule has 4 rings (SSSR count). The van der Waals surface area contributed by atoms with E-state index in [0.29, 0.717) is 43.2 Å². The number of hydrogen-bond acceptors (Lipinski definition) is 4. The van der Waals surface area contributed by atoms with Gasteiger partial charge in [0.25, 0.3) is 11.8 Å². The van der Waals surface area contributed by atoms with E-state index in [1.165, 1.54) is 0 Å². The molecule has 8 heteroatoms. The molecule has 1 fully saturated rings. The summed E-state index contributed by atoms with van der Waals surface area (Å²) >= 11 is 0. The van der Waals surface area contributed by atoms with Crippen LogP contribution in [0.15, 0.2) is 36.8 Å². The van der Waals surface area contributed by atoms with Crippen molar-refractivity contribution >= 4 is 17.7 Å². The Balaban J connectivity index is 1.27. The molecule has 0 bridgehead atoms. The number of hydrogen-bond donors (Lipinski definition) is 2. The maximum absolute atomic E-state index is 12.9. The van der Waals surface area contributed by atoms with Crippen molar-refractivity contribution in [3.05, 3.63) is 53.6 Å². The van der Waals surface area contributed by atoms with Gasteiger partial charge in [-0.3, -0.25) is 14.4 Å². The Kier molecular flexibility index (Phi) is 5.33. The Labute approximate surface area is 169 Å². The predicted octanol–water partition coefficient (Wildman–Crippen LogP) is 0.743. The first-order chi connectivity index (χ1) is 14.0. The zero-order valence-electron chi connectivity index (χ0n) is 16.4. The number of amides is 3. The van der Waals surface area contributed by atoms with Gasteiger partial charge in [-0.2, -0.15) is 0 Å². The van der Waals surface area contributed by atoms with Crippen LogP contribution in [0.3, 0.4) is 0 Å². The van der Waals surface area contributed by atoms with Gasteiger partial charge in [-0.15, -0.1) is 0 Å². The molecule has 0 saturated carbocycles. The minimum Gasteiger partial charge on any atom is -0.350 e. The second-order valence-electron chi connectivity index (χ2n) is 7.76. The van der Waals surface area contributed by atoms with Crippen molar-refractivity contribution in [3.8, 4) is 0 Å². The van der Waals surface area contributed by atoms with E-state index in [9.17, 15) is 14.4 Å². The lowest BCUT2D eigenvalue weighted by molar-refractivity contribution is -0.134. The fourth-order valence-corrected chi connectivity index (χ4v) is 4.06. The van der Waals surface area contributed by atoms with Gasteiger partial charge in [0.05, 0.1) is 12.5 Å². The van der Waals surface area contributed by atoms with Crippen LogP contribution in [-0.4, -0.2) is 57.8 Å². The molecule has 2 aliphatic rings. The second-order valence-corrected chi connectivity index (χ2v) is 7.76. The maximum Gasteiger partial charge on any atom is 0.269 e. The molecule has 152 valence electrons. The summed E-state index contributed by atoms with van der Waals surface area (Å²) in [5.41, 5.74) is 2.10. The number of benzene rings is 1. The van der Waals surface area contributed by atoms with E-state index in [1.54, 1.807) is 30.2 Å². The summed E-state index contributed by atoms with van der Waals surface area (Å²) in [7, 11) is 1.79. The van der Waals surface area contributed by atoms with Crippen molar-refractivity contribution in [2.45, 2.75) is 25.3 Å². The summed E-state index contributed by atoms with van der Waals surface area (Å²) in [6, 6.07) is 6.92. The van der Waals surface area contributed by atoms with Crippen molar-refractivity contribution in [1.82, 2.24) is 25.1 Å². The highest BCUT2D eigenvalue weighted by atomic mass is 16.2. The van der Waals surface area contributed by atoms with Crippen LogP contribution in [0.1, 0.15) is 39.3 Å². The van der Waals surface area contributed by atoms with Crippen LogP contribution >= 0.6 is 0 Å². The number of carbonyl (C=O) groups excluding carboxylic acids is 3. The van der Waals surface area contributed by atoms with Crippen LogP contribution in [0.4, 0.5) is 0 Å². The molecule has 0 aliphatic carbocycles. The Bertz CT molecular complexity index is 930. The summed E-state index contributed by atoms with van der Waals surface area (Å²) in [5, 5.41) is 5.81. The smallest absolute Gasteiger partial charge is 0.269 e. The van der Waals surface area contributed by atoms with Gasteiger partial charge in [0, 0.05) is 38.7 Å². The summed E-state index contributed by atoms with van der Waals surface area (Å²) < 4.78 is 1.69. The molecule has 1 aromatic carbocycles. The van der Waals surface area contributed by atoms with Crippen molar-refractivity contribution < 1.29 is 14.4 Å². The largest absolute Gasteiger partial charge is 0.350 e. The molecule has 1 atom stereocenters. The van der Waals surface area contributed by atoms with Crippen molar-refractivity contribution in [3.63, 3.8) is 0 Å². The van der Waals surface area contributed by atoms with E-state index >= 15 is 0 Å². The number of likely N-dealkylation sites (tertiary alicyclic amines) is 1. The molecule has 1 aromatic heterocycles. The Morgan fingerprint density at radius 3 is 2.72 bits per heavy atom. The maximum atomic E-state index is 12.9. The molecule has 29 heavy (non-hydrogen) atoms. The second kappa shape index (κ2) is 8.06. The SMILES string of the molecule is Cn1cncc1C(=O)NCC1CCN(C(=O)C2Cc3ccccc3C(=O)N2)CC1. The molecule has 1 saturated heterocycles. The molecular formula is C21H25N5O3. The highest BCUT2D eigenvalue weighted by molar-refractivity contribution is 6.00. The molecule has 3 heterocycles. The zero-order valence-corrected chi connectivity index (χ0v) is 16.4. The Hall–Kier alpha value is -3.16. The Morgan fingerprint density at radius 2 is 2.00 bits per heavy atom. The summed E-state index contributed by atoms with van der Waals surface area (Å²) in [6.45, 7) is 1.86. The van der Waals surface area contributed by atoms with E-state index in [2.05, 4.69) is 15.6 Å². The van der Waals surface area contributed by atoms with Crippen LogP contribution in [0, 0.1) is 5.92 Å². The van der Waals surface area contributed by atoms with Gasteiger partial charge < -0.3 is 20.1 Å². The first-order valence-electron chi connectivity index (χ1n) is 9.95. The third-order valence-electron chi connectivity index (χ3n) is 5.82. The first-order valence-corrected chi connectivity index (χ1v) is 9.95. The lowest BCUT2D eigenvalue weighted by Gasteiger charge is -2.35. The normalized spacial score (nSPS) is 19.4. The van der Waals surface area contributed by atoms with E-state index in [0.717, 1.165) is 18.4 Å². The number of fused-ring (bicyclic) bond motifs is 1.